The SMILES string of the molecule is COc1cc(-c2cn(Cc3ccc(N4CCCC(NCC(C)(C)C)C4)nn3)nn2)c2cn[nH]c2c1. The Morgan fingerprint density at radius 2 is 2.06 bits per heavy atom. The van der Waals surface area contributed by atoms with E-state index in [1.165, 1.54) is 6.42 Å². The van der Waals surface area contributed by atoms with Crippen LogP contribution in [0.2, 0.25) is 0 Å². The molecule has 5 rings (SSSR count). The van der Waals surface area contributed by atoms with E-state index in [4.69, 9.17) is 4.74 Å². The van der Waals surface area contributed by atoms with Gasteiger partial charge in [0.1, 0.15) is 11.4 Å². The van der Waals surface area contributed by atoms with Crippen molar-refractivity contribution in [1.82, 2.24) is 40.7 Å². The molecule has 10 nitrogen and oxygen atoms in total. The van der Waals surface area contributed by atoms with Crippen molar-refractivity contribution in [2.24, 2.45) is 5.41 Å². The van der Waals surface area contributed by atoms with Crippen molar-refractivity contribution < 1.29 is 4.74 Å². The molecule has 0 spiro atoms. The van der Waals surface area contributed by atoms with Crippen molar-refractivity contribution >= 4 is 16.7 Å². The van der Waals surface area contributed by atoms with Crippen LogP contribution in [-0.4, -0.2) is 68.2 Å². The van der Waals surface area contributed by atoms with E-state index in [1.54, 1.807) is 18.0 Å². The normalized spacial score (nSPS) is 16.7. The molecule has 0 aliphatic carbocycles. The molecule has 35 heavy (non-hydrogen) atoms. The van der Waals surface area contributed by atoms with Gasteiger partial charge in [-0.1, -0.05) is 26.0 Å². The van der Waals surface area contributed by atoms with Crippen LogP contribution in [0.15, 0.2) is 36.7 Å². The number of piperidine rings is 1. The molecule has 1 aliphatic rings. The van der Waals surface area contributed by atoms with Gasteiger partial charge in [0.15, 0.2) is 5.82 Å². The third-order valence-electron chi connectivity index (χ3n) is 6.28. The maximum Gasteiger partial charge on any atom is 0.151 e. The number of benzene rings is 1. The molecule has 1 unspecified atom stereocenters. The zero-order valence-corrected chi connectivity index (χ0v) is 20.8. The van der Waals surface area contributed by atoms with Crippen LogP contribution in [0, 0.1) is 5.41 Å². The first kappa shape index (κ1) is 23.2. The second-order valence-corrected chi connectivity index (χ2v) is 10.4. The topological polar surface area (TPSA) is 110 Å². The number of fused-ring (bicyclic) bond motifs is 1. The van der Waals surface area contributed by atoms with Crippen LogP contribution < -0.4 is 15.0 Å². The average molecular weight is 476 g/mol. The van der Waals surface area contributed by atoms with Gasteiger partial charge in [0.2, 0.25) is 0 Å². The van der Waals surface area contributed by atoms with Gasteiger partial charge in [-0.25, -0.2) is 4.68 Å². The van der Waals surface area contributed by atoms with Crippen LogP contribution in [0.3, 0.4) is 0 Å². The summed E-state index contributed by atoms with van der Waals surface area (Å²) in [6.07, 6.45) is 6.05. The largest absolute Gasteiger partial charge is 0.497 e. The molecule has 2 N–H and O–H groups in total. The minimum Gasteiger partial charge on any atom is -0.497 e. The number of aromatic nitrogens is 7. The molecule has 1 aliphatic heterocycles. The number of nitrogens with zero attached hydrogens (tertiary/aromatic N) is 7. The Bertz CT molecular complexity index is 1270. The molecule has 0 amide bonds. The maximum absolute atomic E-state index is 5.42. The Hall–Kier alpha value is -3.53. The minimum atomic E-state index is 0.280. The van der Waals surface area contributed by atoms with E-state index in [1.807, 2.05) is 24.4 Å². The first-order valence-corrected chi connectivity index (χ1v) is 12.1. The van der Waals surface area contributed by atoms with Crippen molar-refractivity contribution in [3.05, 3.63) is 42.4 Å². The smallest absolute Gasteiger partial charge is 0.151 e. The van der Waals surface area contributed by atoms with E-state index in [0.717, 1.165) is 65.5 Å². The van der Waals surface area contributed by atoms with Gasteiger partial charge in [-0.3, -0.25) is 5.10 Å². The van der Waals surface area contributed by atoms with Crippen LogP contribution in [0.1, 0.15) is 39.3 Å². The highest BCUT2D eigenvalue weighted by Crippen LogP contribution is 2.30. The zero-order valence-electron chi connectivity index (χ0n) is 20.8. The number of hydrogen-bond donors (Lipinski definition) is 2. The molecule has 184 valence electrons. The monoisotopic (exact) mass is 475 g/mol. The van der Waals surface area contributed by atoms with Gasteiger partial charge in [0, 0.05) is 42.7 Å². The number of nitrogens with one attached hydrogen (secondary N) is 2. The van der Waals surface area contributed by atoms with Gasteiger partial charge in [-0.05, 0) is 36.5 Å². The predicted octanol–water partition coefficient (Wildman–Crippen LogP) is 3.27. The number of ether oxygens (including phenoxy) is 1. The van der Waals surface area contributed by atoms with E-state index >= 15 is 0 Å². The standard InChI is InChI=1S/C25H33N9O/c1-25(2,3)16-26-17-6-5-9-33(13-17)24-8-7-18(28-31-24)14-34-15-23(30-32-34)20-10-19(35-4)11-22-21(20)12-27-29-22/h7-8,10-12,15,17,26H,5-6,9,13-14,16H2,1-4H3,(H,27,29). The molecule has 0 saturated carbocycles. The maximum atomic E-state index is 5.42. The highest BCUT2D eigenvalue weighted by molar-refractivity contribution is 5.94. The van der Waals surface area contributed by atoms with Crippen LogP contribution >= 0.6 is 0 Å². The molecule has 1 saturated heterocycles. The lowest BCUT2D eigenvalue weighted by molar-refractivity contribution is 0.328. The minimum absolute atomic E-state index is 0.280. The fraction of sp³-hybridized carbons (Fsp3) is 0.480. The van der Waals surface area contributed by atoms with Gasteiger partial charge in [-0.15, -0.1) is 10.2 Å². The number of H-pyrrole nitrogens is 1. The first-order valence-electron chi connectivity index (χ1n) is 12.1. The lowest BCUT2D eigenvalue weighted by Crippen LogP contribution is -2.48. The number of aromatic amines is 1. The summed E-state index contributed by atoms with van der Waals surface area (Å²) in [6.45, 7) is 10.3. The molecular formula is C25H33N9O. The lowest BCUT2D eigenvalue weighted by Gasteiger charge is -2.35. The summed E-state index contributed by atoms with van der Waals surface area (Å²) in [5, 5.41) is 29.5. The summed E-state index contributed by atoms with van der Waals surface area (Å²) in [5.74, 6) is 1.66. The van der Waals surface area contributed by atoms with E-state index < -0.39 is 0 Å². The van der Waals surface area contributed by atoms with Gasteiger partial charge in [0.25, 0.3) is 0 Å². The van der Waals surface area contributed by atoms with Gasteiger partial charge in [-0.2, -0.15) is 10.2 Å². The summed E-state index contributed by atoms with van der Waals surface area (Å²) >= 11 is 0. The predicted molar refractivity (Wildman–Crippen MR) is 135 cm³/mol. The fourth-order valence-electron chi connectivity index (χ4n) is 4.43. The Kier molecular flexibility index (Phi) is 6.38. The summed E-state index contributed by atoms with van der Waals surface area (Å²) in [6, 6.07) is 8.43. The Balaban J connectivity index is 1.25. The summed E-state index contributed by atoms with van der Waals surface area (Å²) in [5.41, 5.74) is 3.68. The van der Waals surface area contributed by atoms with Crippen molar-refractivity contribution in [1.29, 1.82) is 0 Å². The van der Waals surface area contributed by atoms with E-state index in [2.05, 4.69) is 67.8 Å². The molecular weight excluding hydrogens is 442 g/mol. The van der Waals surface area contributed by atoms with E-state index in [-0.39, 0.29) is 5.41 Å². The summed E-state index contributed by atoms with van der Waals surface area (Å²) in [7, 11) is 1.65. The molecule has 0 radical (unpaired) electrons. The molecule has 0 bridgehead atoms. The second kappa shape index (κ2) is 9.61. The average Bonchev–Trinajstić information content (AvgIpc) is 3.52. The first-order chi connectivity index (χ1) is 16.9. The Morgan fingerprint density at radius 3 is 2.83 bits per heavy atom. The highest BCUT2D eigenvalue weighted by atomic mass is 16.5. The van der Waals surface area contributed by atoms with Crippen LogP contribution in [-0.2, 0) is 6.54 Å². The van der Waals surface area contributed by atoms with Crippen LogP contribution in [0.5, 0.6) is 5.75 Å². The fourth-order valence-corrected chi connectivity index (χ4v) is 4.43. The molecule has 4 heterocycles. The number of anilines is 1. The Labute approximate surface area is 205 Å². The number of methoxy groups -OCH3 is 1. The summed E-state index contributed by atoms with van der Waals surface area (Å²) in [4.78, 5) is 2.33. The lowest BCUT2D eigenvalue weighted by atomic mass is 9.95. The highest BCUT2D eigenvalue weighted by Gasteiger charge is 2.22. The van der Waals surface area contributed by atoms with Crippen molar-refractivity contribution in [2.75, 3.05) is 31.6 Å². The molecule has 1 fully saturated rings. The third-order valence-corrected chi connectivity index (χ3v) is 6.28. The van der Waals surface area contributed by atoms with Gasteiger partial charge >= 0.3 is 0 Å². The molecule has 10 heteroatoms. The second-order valence-electron chi connectivity index (χ2n) is 10.4. The number of hydrogen-bond acceptors (Lipinski definition) is 8. The van der Waals surface area contributed by atoms with Crippen LogP contribution in [0.25, 0.3) is 22.2 Å². The molecule has 1 aromatic carbocycles. The Morgan fingerprint density at radius 1 is 1.17 bits per heavy atom. The zero-order chi connectivity index (χ0) is 24.4. The van der Waals surface area contributed by atoms with Crippen molar-refractivity contribution in [3.63, 3.8) is 0 Å². The van der Waals surface area contributed by atoms with Crippen molar-refractivity contribution in [3.8, 4) is 17.0 Å². The third kappa shape index (κ3) is 5.43. The van der Waals surface area contributed by atoms with Gasteiger partial charge in [0.05, 0.1) is 37.3 Å². The molecule has 4 aromatic rings. The van der Waals surface area contributed by atoms with E-state index in [0.29, 0.717) is 12.6 Å². The van der Waals surface area contributed by atoms with Gasteiger partial charge < -0.3 is 15.0 Å². The van der Waals surface area contributed by atoms with Crippen LogP contribution in [0.4, 0.5) is 5.82 Å². The van der Waals surface area contributed by atoms with Crippen molar-refractivity contribution in [2.45, 2.75) is 46.2 Å². The quantitative estimate of drug-likeness (QED) is 0.419. The number of rotatable bonds is 7. The molecule has 3 aromatic heterocycles. The summed E-state index contributed by atoms with van der Waals surface area (Å²) < 4.78 is 7.20. The van der Waals surface area contributed by atoms with E-state index in [9.17, 15) is 0 Å². The molecule has 1 atom stereocenters.